The molecule has 3 aromatic carbocycles. The summed E-state index contributed by atoms with van der Waals surface area (Å²) >= 11 is 12.1. The number of hydrogen-bond donors (Lipinski definition) is 0. The molecule has 0 saturated carbocycles. The van der Waals surface area contributed by atoms with Gasteiger partial charge in [-0.25, -0.2) is 23.4 Å². The quantitative estimate of drug-likeness (QED) is 0.143. The molecule has 1 aliphatic heterocycles. The van der Waals surface area contributed by atoms with E-state index in [1.165, 1.54) is 42.5 Å². The normalized spacial score (nSPS) is 13.7. The number of esters is 2. The number of rotatable bonds is 9. The van der Waals surface area contributed by atoms with Gasteiger partial charge in [0.15, 0.2) is 0 Å². The second kappa shape index (κ2) is 14.1. The summed E-state index contributed by atoms with van der Waals surface area (Å²) in [5.74, 6) is -1.82. The minimum absolute atomic E-state index is 0.00247. The molecule has 0 amide bonds. The first-order valence-corrected chi connectivity index (χ1v) is 14.7. The molecule has 0 aliphatic carbocycles. The van der Waals surface area contributed by atoms with Crippen LogP contribution in [0.25, 0.3) is 0 Å². The smallest absolute Gasteiger partial charge is 0.349 e. The predicted molar refractivity (Wildman–Crippen MR) is 163 cm³/mol. The average molecular weight is 625 g/mol. The van der Waals surface area contributed by atoms with Gasteiger partial charge >= 0.3 is 11.9 Å². The summed E-state index contributed by atoms with van der Waals surface area (Å²) < 4.78 is 32.3. The summed E-state index contributed by atoms with van der Waals surface area (Å²) in [6.07, 6.45) is 3.30. The number of benzene rings is 3. The van der Waals surface area contributed by atoms with Crippen LogP contribution >= 0.6 is 23.2 Å². The Balaban J connectivity index is 1.18. The zero-order valence-corrected chi connectivity index (χ0v) is 24.7. The van der Waals surface area contributed by atoms with Gasteiger partial charge in [0.25, 0.3) is 0 Å². The SMILES string of the molecule is O=C(OC(=O)c1cccnc1N1CCN(CCCC(c2ccc(F)cc2)c2ccc(F)cc2)CC1)c1cc(Cl)ccc1Cl. The highest BCUT2D eigenvalue weighted by atomic mass is 35.5. The van der Waals surface area contributed by atoms with Crippen LogP contribution < -0.4 is 4.90 Å². The van der Waals surface area contributed by atoms with Gasteiger partial charge in [0.2, 0.25) is 0 Å². The van der Waals surface area contributed by atoms with E-state index in [1.807, 2.05) is 4.90 Å². The monoisotopic (exact) mass is 623 g/mol. The molecule has 6 nitrogen and oxygen atoms in total. The topological polar surface area (TPSA) is 62.7 Å². The molecule has 222 valence electrons. The van der Waals surface area contributed by atoms with Crippen LogP contribution in [0, 0.1) is 11.6 Å². The maximum Gasteiger partial charge on any atom is 0.349 e. The zero-order valence-electron chi connectivity index (χ0n) is 23.2. The molecule has 5 rings (SSSR count). The van der Waals surface area contributed by atoms with Crippen LogP contribution in [0.3, 0.4) is 0 Å². The third kappa shape index (κ3) is 7.76. The second-order valence-corrected chi connectivity index (χ2v) is 11.1. The van der Waals surface area contributed by atoms with Crippen LogP contribution in [0.15, 0.2) is 85.1 Å². The van der Waals surface area contributed by atoms with Gasteiger partial charge in [-0.1, -0.05) is 47.5 Å². The Kier molecular flexibility index (Phi) is 10.0. The lowest BCUT2D eigenvalue weighted by molar-refractivity contribution is 0.0398. The first-order valence-electron chi connectivity index (χ1n) is 13.9. The fourth-order valence-electron chi connectivity index (χ4n) is 5.27. The molecule has 0 radical (unpaired) electrons. The van der Waals surface area contributed by atoms with E-state index < -0.39 is 11.9 Å². The molecule has 1 aromatic heterocycles. The van der Waals surface area contributed by atoms with Crippen molar-refractivity contribution in [1.82, 2.24) is 9.88 Å². The lowest BCUT2D eigenvalue weighted by atomic mass is 9.87. The van der Waals surface area contributed by atoms with Gasteiger partial charge in [0.05, 0.1) is 10.6 Å². The lowest BCUT2D eigenvalue weighted by Gasteiger charge is -2.36. The van der Waals surface area contributed by atoms with Crippen LogP contribution in [0.1, 0.15) is 50.6 Å². The molecule has 0 spiro atoms. The Morgan fingerprint density at radius 2 is 1.42 bits per heavy atom. The van der Waals surface area contributed by atoms with Crippen molar-refractivity contribution in [3.05, 3.63) is 129 Å². The molecule has 2 heterocycles. The van der Waals surface area contributed by atoms with Crippen molar-refractivity contribution in [2.24, 2.45) is 0 Å². The molecule has 1 aliphatic rings. The highest BCUT2D eigenvalue weighted by molar-refractivity contribution is 6.35. The van der Waals surface area contributed by atoms with Crippen molar-refractivity contribution >= 4 is 41.0 Å². The number of piperazine rings is 1. The van der Waals surface area contributed by atoms with Crippen molar-refractivity contribution in [3.63, 3.8) is 0 Å². The number of ether oxygens (including phenoxy) is 1. The third-order valence-electron chi connectivity index (χ3n) is 7.52. The van der Waals surface area contributed by atoms with E-state index in [0.717, 1.165) is 43.6 Å². The fourth-order valence-corrected chi connectivity index (χ4v) is 5.64. The molecule has 4 aromatic rings. The number of aromatic nitrogens is 1. The molecule has 1 fully saturated rings. The first-order chi connectivity index (χ1) is 20.8. The summed E-state index contributed by atoms with van der Waals surface area (Å²) in [5.41, 5.74) is 2.17. The highest BCUT2D eigenvalue weighted by Crippen LogP contribution is 2.30. The summed E-state index contributed by atoms with van der Waals surface area (Å²) in [6, 6.07) is 20.5. The number of carbonyl (C=O) groups excluding carboxylic acids is 2. The molecular formula is C33H29Cl2F2N3O3. The van der Waals surface area contributed by atoms with E-state index in [-0.39, 0.29) is 33.7 Å². The Labute approximate surface area is 258 Å². The number of pyridine rings is 1. The second-order valence-electron chi connectivity index (χ2n) is 10.3. The third-order valence-corrected chi connectivity index (χ3v) is 8.09. The highest BCUT2D eigenvalue weighted by Gasteiger charge is 2.26. The van der Waals surface area contributed by atoms with Gasteiger partial charge in [-0.15, -0.1) is 0 Å². The van der Waals surface area contributed by atoms with E-state index in [1.54, 1.807) is 42.6 Å². The predicted octanol–water partition coefficient (Wildman–Crippen LogP) is 7.40. The molecule has 0 atom stereocenters. The van der Waals surface area contributed by atoms with E-state index in [9.17, 15) is 18.4 Å². The van der Waals surface area contributed by atoms with Gasteiger partial charge in [0.1, 0.15) is 23.0 Å². The minimum Gasteiger partial charge on any atom is -0.386 e. The Hall–Kier alpha value is -3.85. The number of halogens is 4. The summed E-state index contributed by atoms with van der Waals surface area (Å²) in [7, 11) is 0. The van der Waals surface area contributed by atoms with Crippen molar-refractivity contribution in [2.75, 3.05) is 37.6 Å². The summed E-state index contributed by atoms with van der Waals surface area (Å²) in [5, 5.41) is 0.427. The maximum atomic E-state index is 13.6. The first kappa shape index (κ1) is 30.6. The molecular weight excluding hydrogens is 595 g/mol. The van der Waals surface area contributed by atoms with E-state index in [4.69, 9.17) is 27.9 Å². The van der Waals surface area contributed by atoms with Crippen LogP contribution in [0.5, 0.6) is 0 Å². The van der Waals surface area contributed by atoms with Crippen LogP contribution in [-0.4, -0.2) is 54.5 Å². The minimum atomic E-state index is -0.892. The fraction of sp³-hybridized carbons (Fsp3) is 0.242. The van der Waals surface area contributed by atoms with E-state index in [0.29, 0.717) is 23.9 Å². The lowest BCUT2D eigenvalue weighted by Crippen LogP contribution is -2.47. The maximum absolute atomic E-state index is 13.6. The van der Waals surface area contributed by atoms with E-state index >= 15 is 0 Å². The summed E-state index contributed by atoms with van der Waals surface area (Å²) in [6.45, 7) is 3.61. The molecule has 43 heavy (non-hydrogen) atoms. The van der Waals surface area contributed by atoms with Gasteiger partial charge in [0, 0.05) is 43.3 Å². The Bertz CT molecular complexity index is 1530. The molecule has 10 heteroatoms. The van der Waals surface area contributed by atoms with Crippen LogP contribution in [0.2, 0.25) is 10.0 Å². The largest absolute Gasteiger partial charge is 0.386 e. The molecule has 0 bridgehead atoms. The van der Waals surface area contributed by atoms with Gasteiger partial charge in [-0.05, 0) is 85.1 Å². The van der Waals surface area contributed by atoms with Crippen molar-refractivity contribution in [3.8, 4) is 0 Å². The number of carbonyl (C=O) groups is 2. The van der Waals surface area contributed by atoms with Crippen LogP contribution in [0.4, 0.5) is 14.6 Å². The molecule has 0 unspecified atom stereocenters. The van der Waals surface area contributed by atoms with Gasteiger partial charge < -0.3 is 9.64 Å². The van der Waals surface area contributed by atoms with Gasteiger partial charge in [-0.3, -0.25) is 4.90 Å². The Morgan fingerprint density at radius 3 is 2.05 bits per heavy atom. The van der Waals surface area contributed by atoms with Crippen molar-refractivity contribution < 1.29 is 23.1 Å². The number of hydrogen-bond acceptors (Lipinski definition) is 6. The van der Waals surface area contributed by atoms with Crippen molar-refractivity contribution in [1.29, 1.82) is 0 Å². The van der Waals surface area contributed by atoms with Crippen molar-refractivity contribution in [2.45, 2.75) is 18.8 Å². The van der Waals surface area contributed by atoms with Gasteiger partial charge in [-0.2, -0.15) is 0 Å². The summed E-state index contributed by atoms with van der Waals surface area (Å²) in [4.78, 5) is 34.4. The van der Waals surface area contributed by atoms with E-state index in [2.05, 4.69) is 9.88 Å². The van der Waals surface area contributed by atoms with Crippen LogP contribution in [-0.2, 0) is 4.74 Å². The molecule has 0 N–H and O–H groups in total. The number of nitrogens with zero attached hydrogens (tertiary/aromatic N) is 3. The Morgan fingerprint density at radius 1 is 0.814 bits per heavy atom. The molecule has 1 saturated heterocycles. The number of anilines is 1. The standard InChI is InChI=1S/C33H29Cl2F2N3O3/c34-24-9-14-30(35)29(21-24)33(42)43-32(41)28-3-1-15-38-31(28)40-19-17-39(18-20-40)16-2-4-27(22-5-10-25(36)11-6-22)23-7-12-26(37)13-8-23/h1,3,5-15,21,27H,2,4,16-20H2. The zero-order chi connectivity index (χ0) is 30.3. The average Bonchev–Trinajstić information content (AvgIpc) is 3.02.